The molecule has 1 saturated carbocycles. The maximum absolute atomic E-state index is 9.84. The fraction of sp³-hybridized carbons (Fsp3) is 1.00. The van der Waals surface area contributed by atoms with Crippen LogP contribution in [0.25, 0.3) is 0 Å². The Morgan fingerprint density at radius 1 is 1.38 bits per heavy atom. The summed E-state index contributed by atoms with van der Waals surface area (Å²) in [5, 5.41) is 13.3. The first-order chi connectivity index (χ1) is 7.75. The van der Waals surface area contributed by atoms with Crippen LogP contribution in [0.2, 0.25) is 0 Å². The van der Waals surface area contributed by atoms with Gasteiger partial charge in [0.05, 0.1) is 18.8 Å². The zero-order valence-corrected chi connectivity index (χ0v) is 10.2. The summed E-state index contributed by atoms with van der Waals surface area (Å²) in [5.41, 5.74) is 0. The summed E-state index contributed by atoms with van der Waals surface area (Å²) in [6.45, 7) is 3.72. The van der Waals surface area contributed by atoms with E-state index in [9.17, 15) is 5.11 Å². The fourth-order valence-corrected chi connectivity index (χ4v) is 2.62. The topological polar surface area (TPSA) is 44.7 Å². The Balaban J connectivity index is 1.69. The number of aliphatic hydroxyl groups is 1. The summed E-state index contributed by atoms with van der Waals surface area (Å²) < 4.78 is 5.69. The number of aliphatic hydroxyl groups excluding tert-OH is 1. The number of ether oxygens (including phenoxy) is 1. The lowest BCUT2D eigenvalue weighted by molar-refractivity contribution is -0.0231. The maximum Gasteiger partial charge on any atom is 0.0826 e. The highest BCUT2D eigenvalue weighted by molar-refractivity contribution is 4.82. The van der Waals surface area contributed by atoms with Crippen molar-refractivity contribution in [3.8, 4) is 0 Å². The number of morpholine rings is 1. The van der Waals surface area contributed by atoms with E-state index in [-0.39, 0.29) is 18.2 Å². The lowest BCUT2D eigenvalue weighted by atomic mass is 9.92. The second kappa shape index (κ2) is 5.96. The van der Waals surface area contributed by atoms with Crippen LogP contribution in [-0.4, -0.2) is 61.5 Å². The van der Waals surface area contributed by atoms with Crippen molar-refractivity contribution in [2.24, 2.45) is 0 Å². The molecule has 1 saturated heterocycles. The molecule has 0 aromatic heterocycles. The highest BCUT2D eigenvalue weighted by Crippen LogP contribution is 2.18. The predicted octanol–water partition coefficient (Wildman–Crippen LogP) is 0.210. The molecule has 1 aliphatic carbocycles. The minimum atomic E-state index is -0.157. The number of hydrogen-bond donors (Lipinski definition) is 2. The van der Waals surface area contributed by atoms with E-state index in [0.717, 1.165) is 39.1 Å². The van der Waals surface area contributed by atoms with Crippen LogP contribution in [0.5, 0.6) is 0 Å². The number of rotatable bonds is 3. The second-order valence-electron chi connectivity index (χ2n) is 5.12. The van der Waals surface area contributed by atoms with E-state index in [1.165, 1.54) is 12.8 Å². The minimum Gasteiger partial charge on any atom is -0.392 e. The molecule has 16 heavy (non-hydrogen) atoms. The minimum absolute atomic E-state index is 0.157. The average Bonchev–Trinajstić information content (AvgIpc) is 2.28. The molecule has 0 amide bonds. The SMILES string of the molecule is CN1CCOC(CN[C@@H]2CCCC[C@H]2O)C1. The van der Waals surface area contributed by atoms with Gasteiger partial charge in [-0.1, -0.05) is 12.8 Å². The van der Waals surface area contributed by atoms with Crippen LogP contribution in [-0.2, 0) is 4.74 Å². The third kappa shape index (κ3) is 3.42. The van der Waals surface area contributed by atoms with Crippen molar-refractivity contribution in [3.05, 3.63) is 0 Å². The van der Waals surface area contributed by atoms with Gasteiger partial charge in [0.2, 0.25) is 0 Å². The number of nitrogens with one attached hydrogen (secondary N) is 1. The van der Waals surface area contributed by atoms with Gasteiger partial charge in [-0.15, -0.1) is 0 Å². The van der Waals surface area contributed by atoms with Gasteiger partial charge in [-0.3, -0.25) is 0 Å². The largest absolute Gasteiger partial charge is 0.392 e. The molecule has 1 unspecified atom stereocenters. The van der Waals surface area contributed by atoms with Gasteiger partial charge < -0.3 is 20.1 Å². The third-order valence-electron chi connectivity index (χ3n) is 3.68. The number of likely N-dealkylation sites (N-methyl/N-ethyl adjacent to an activating group) is 1. The summed E-state index contributed by atoms with van der Waals surface area (Å²) in [5.74, 6) is 0. The van der Waals surface area contributed by atoms with Gasteiger partial charge in [-0.05, 0) is 19.9 Å². The standard InChI is InChI=1S/C12H24N2O2/c1-14-6-7-16-10(9-14)8-13-11-4-2-3-5-12(11)15/h10-13,15H,2-9H2,1H3/t10?,11-,12-/m1/s1. The highest BCUT2D eigenvalue weighted by atomic mass is 16.5. The van der Waals surface area contributed by atoms with Gasteiger partial charge in [0.25, 0.3) is 0 Å². The molecule has 0 bridgehead atoms. The number of hydrogen-bond acceptors (Lipinski definition) is 4. The van der Waals surface area contributed by atoms with Crippen molar-refractivity contribution < 1.29 is 9.84 Å². The van der Waals surface area contributed by atoms with Crippen molar-refractivity contribution >= 4 is 0 Å². The molecule has 2 N–H and O–H groups in total. The monoisotopic (exact) mass is 228 g/mol. The highest BCUT2D eigenvalue weighted by Gasteiger charge is 2.24. The van der Waals surface area contributed by atoms with Crippen LogP contribution in [0.3, 0.4) is 0 Å². The lowest BCUT2D eigenvalue weighted by Crippen LogP contribution is -2.50. The van der Waals surface area contributed by atoms with Gasteiger partial charge in [0.1, 0.15) is 0 Å². The first-order valence-electron chi connectivity index (χ1n) is 6.47. The molecule has 0 aromatic rings. The van der Waals surface area contributed by atoms with Crippen LogP contribution in [0.4, 0.5) is 0 Å². The first kappa shape index (κ1) is 12.3. The molecule has 0 radical (unpaired) electrons. The summed E-state index contributed by atoms with van der Waals surface area (Å²) in [6, 6.07) is 0.282. The molecule has 2 rings (SSSR count). The quantitative estimate of drug-likeness (QED) is 0.725. The Morgan fingerprint density at radius 3 is 2.94 bits per heavy atom. The van der Waals surface area contributed by atoms with E-state index in [4.69, 9.17) is 4.74 Å². The average molecular weight is 228 g/mol. The maximum atomic E-state index is 9.84. The molecular weight excluding hydrogens is 204 g/mol. The van der Waals surface area contributed by atoms with E-state index < -0.39 is 0 Å². The molecule has 4 heteroatoms. The van der Waals surface area contributed by atoms with Crippen LogP contribution < -0.4 is 5.32 Å². The normalized spacial score (nSPS) is 37.5. The molecule has 94 valence electrons. The van der Waals surface area contributed by atoms with Gasteiger partial charge >= 0.3 is 0 Å². The molecule has 2 fully saturated rings. The van der Waals surface area contributed by atoms with Crippen LogP contribution in [0, 0.1) is 0 Å². The summed E-state index contributed by atoms with van der Waals surface area (Å²) in [7, 11) is 2.13. The van der Waals surface area contributed by atoms with Crippen LogP contribution >= 0.6 is 0 Å². The van der Waals surface area contributed by atoms with Crippen LogP contribution in [0.1, 0.15) is 25.7 Å². The van der Waals surface area contributed by atoms with E-state index in [1.807, 2.05) is 0 Å². The summed E-state index contributed by atoms with van der Waals surface area (Å²) in [4.78, 5) is 2.30. The van der Waals surface area contributed by atoms with Gasteiger partial charge in [-0.25, -0.2) is 0 Å². The molecule has 1 aliphatic heterocycles. The van der Waals surface area contributed by atoms with Gasteiger partial charge in [-0.2, -0.15) is 0 Å². The smallest absolute Gasteiger partial charge is 0.0826 e. The van der Waals surface area contributed by atoms with Crippen molar-refractivity contribution in [1.82, 2.24) is 10.2 Å². The first-order valence-corrected chi connectivity index (χ1v) is 6.47. The molecular formula is C12H24N2O2. The van der Waals surface area contributed by atoms with E-state index in [0.29, 0.717) is 0 Å². The summed E-state index contributed by atoms with van der Waals surface area (Å²) >= 11 is 0. The van der Waals surface area contributed by atoms with Crippen molar-refractivity contribution in [2.75, 3.05) is 33.3 Å². The van der Waals surface area contributed by atoms with Crippen molar-refractivity contribution in [1.29, 1.82) is 0 Å². The van der Waals surface area contributed by atoms with E-state index >= 15 is 0 Å². The zero-order valence-electron chi connectivity index (χ0n) is 10.2. The Bertz CT molecular complexity index is 213. The Kier molecular flexibility index (Phi) is 4.58. The molecule has 0 aromatic carbocycles. The predicted molar refractivity (Wildman–Crippen MR) is 63.5 cm³/mol. The number of nitrogens with zero attached hydrogens (tertiary/aromatic N) is 1. The van der Waals surface area contributed by atoms with Gasteiger partial charge in [0, 0.05) is 25.7 Å². The van der Waals surface area contributed by atoms with Crippen molar-refractivity contribution in [3.63, 3.8) is 0 Å². The van der Waals surface area contributed by atoms with Crippen molar-refractivity contribution in [2.45, 2.75) is 43.9 Å². The molecule has 2 aliphatic rings. The Morgan fingerprint density at radius 2 is 2.19 bits per heavy atom. The fourth-order valence-electron chi connectivity index (χ4n) is 2.62. The third-order valence-corrected chi connectivity index (χ3v) is 3.68. The van der Waals surface area contributed by atoms with Gasteiger partial charge in [0.15, 0.2) is 0 Å². The zero-order chi connectivity index (χ0) is 11.4. The molecule has 4 nitrogen and oxygen atoms in total. The molecule has 1 heterocycles. The summed E-state index contributed by atoms with van der Waals surface area (Å²) in [6.07, 6.45) is 4.58. The Labute approximate surface area is 98.0 Å². The Hall–Kier alpha value is -0.160. The second-order valence-corrected chi connectivity index (χ2v) is 5.12. The molecule has 3 atom stereocenters. The lowest BCUT2D eigenvalue weighted by Gasteiger charge is -2.33. The molecule has 0 spiro atoms. The van der Waals surface area contributed by atoms with E-state index in [2.05, 4.69) is 17.3 Å². The van der Waals surface area contributed by atoms with E-state index in [1.54, 1.807) is 0 Å². The van der Waals surface area contributed by atoms with Crippen LogP contribution in [0.15, 0.2) is 0 Å².